The van der Waals surface area contributed by atoms with Crippen LogP contribution in [-0.2, 0) is 0 Å². The van der Waals surface area contributed by atoms with Crippen LogP contribution in [0.25, 0.3) is 0 Å². The van der Waals surface area contributed by atoms with E-state index in [4.69, 9.17) is 0 Å². The standard InChI is InChI=1S/C12H20N4/c1-2-3-15-11-8-12(10-14-9-11)16-6-4-13-5-7-16/h8-10,13,15H,2-7H2,1H3. The van der Waals surface area contributed by atoms with Gasteiger partial charge in [-0.25, -0.2) is 0 Å². The van der Waals surface area contributed by atoms with Gasteiger partial charge in [-0.05, 0) is 12.5 Å². The second kappa shape index (κ2) is 5.70. The molecule has 2 N–H and O–H groups in total. The predicted molar refractivity (Wildman–Crippen MR) is 68.1 cm³/mol. The molecule has 0 aliphatic carbocycles. The predicted octanol–water partition coefficient (Wildman–Crippen LogP) is 1.31. The Morgan fingerprint density at radius 1 is 1.38 bits per heavy atom. The van der Waals surface area contributed by atoms with Crippen LogP contribution in [-0.4, -0.2) is 37.7 Å². The molecule has 0 radical (unpaired) electrons. The molecular formula is C12H20N4. The minimum Gasteiger partial charge on any atom is -0.384 e. The summed E-state index contributed by atoms with van der Waals surface area (Å²) in [4.78, 5) is 6.66. The number of piperazine rings is 1. The molecule has 1 aromatic rings. The second-order valence-electron chi connectivity index (χ2n) is 4.10. The Morgan fingerprint density at radius 3 is 2.94 bits per heavy atom. The van der Waals surface area contributed by atoms with E-state index >= 15 is 0 Å². The summed E-state index contributed by atoms with van der Waals surface area (Å²) in [5.41, 5.74) is 2.35. The van der Waals surface area contributed by atoms with Crippen LogP contribution in [0.2, 0.25) is 0 Å². The fraction of sp³-hybridized carbons (Fsp3) is 0.583. The van der Waals surface area contributed by atoms with Crippen molar-refractivity contribution in [2.75, 3.05) is 42.9 Å². The molecule has 1 aromatic heterocycles. The molecule has 1 saturated heterocycles. The van der Waals surface area contributed by atoms with E-state index in [-0.39, 0.29) is 0 Å². The molecule has 4 nitrogen and oxygen atoms in total. The number of nitrogens with one attached hydrogen (secondary N) is 2. The Bertz CT molecular complexity index is 321. The van der Waals surface area contributed by atoms with Gasteiger partial charge in [0, 0.05) is 32.7 Å². The van der Waals surface area contributed by atoms with Crippen molar-refractivity contribution in [2.45, 2.75) is 13.3 Å². The van der Waals surface area contributed by atoms with E-state index in [0.29, 0.717) is 0 Å². The molecule has 0 amide bonds. The summed E-state index contributed by atoms with van der Waals surface area (Å²) in [6, 6.07) is 2.19. The van der Waals surface area contributed by atoms with Crippen molar-refractivity contribution in [3.05, 3.63) is 18.5 Å². The van der Waals surface area contributed by atoms with E-state index in [1.165, 1.54) is 5.69 Å². The van der Waals surface area contributed by atoms with Crippen LogP contribution in [0.15, 0.2) is 18.5 Å². The number of nitrogens with zero attached hydrogens (tertiary/aromatic N) is 2. The number of aromatic nitrogens is 1. The van der Waals surface area contributed by atoms with Gasteiger partial charge < -0.3 is 15.5 Å². The highest BCUT2D eigenvalue weighted by Gasteiger charge is 2.10. The molecule has 0 saturated carbocycles. The summed E-state index contributed by atoms with van der Waals surface area (Å²) in [6.45, 7) is 7.43. The van der Waals surface area contributed by atoms with Crippen molar-refractivity contribution in [2.24, 2.45) is 0 Å². The molecule has 0 unspecified atom stereocenters. The van der Waals surface area contributed by atoms with E-state index in [1.807, 2.05) is 12.4 Å². The van der Waals surface area contributed by atoms with E-state index in [1.54, 1.807) is 0 Å². The van der Waals surface area contributed by atoms with Crippen LogP contribution in [0.5, 0.6) is 0 Å². The first-order valence-electron chi connectivity index (χ1n) is 6.04. The lowest BCUT2D eigenvalue weighted by Crippen LogP contribution is -2.43. The molecule has 0 spiro atoms. The average molecular weight is 220 g/mol. The highest BCUT2D eigenvalue weighted by Crippen LogP contribution is 2.17. The molecular weight excluding hydrogens is 200 g/mol. The third-order valence-electron chi connectivity index (χ3n) is 2.79. The van der Waals surface area contributed by atoms with Gasteiger partial charge >= 0.3 is 0 Å². The number of anilines is 2. The number of hydrogen-bond acceptors (Lipinski definition) is 4. The lowest BCUT2D eigenvalue weighted by Gasteiger charge is -2.29. The van der Waals surface area contributed by atoms with Gasteiger partial charge in [0.1, 0.15) is 0 Å². The molecule has 4 heteroatoms. The Kier molecular flexibility index (Phi) is 3.99. The molecule has 88 valence electrons. The lowest BCUT2D eigenvalue weighted by molar-refractivity contribution is 0.589. The SMILES string of the molecule is CCCNc1cncc(N2CCNCC2)c1. The average Bonchev–Trinajstić information content (AvgIpc) is 2.38. The maximum Gasteiger partial charge on any atom is 0.0574 e. The van der Waals surface area contributed by atoms with Crippen LogP contribution in [0.4, 0.5) is 11.4 Å². The minimum atomic E-state index is 1.01. The third-order valence-corrected chi connectivity index (χ3v) is 2.79. The molecule has 2 rings (SSSR count). The van der Waals surface area contributed by atoms with Gasteiger partial charge in [0.05, 0.1) is 23.8 Å². The van der Waals surface area contributed by atoms with Gasteiger partial charge in [0.25, 0.3) is 0 Å². The number of pyridine rings is 1. The maximum absolute atomic E-state index is 4.29. The molecule has 0 atom stereocenters. The summed E-state index contributed by atoms with van der Waals surface area (Å²) in [7, 11) is 0. The van der Waals surface area contributed by atoms with Crippen molar-refractivity contribution in [1.29, 1.82) is 0 Å². The molecule has 16 heavy (non-hydrogen) atoms. The van der Waals surface area contributed by atoms with Gasteiger partial charge in [0.15, 0.2) is 0 Å². The zero-order valence-corrected chi connectivity index (χ0v) is 9.87. The fourth-order valence-corrected chi connectivity index (χ4v) is 1.89. The van der Waals surface area contributed by atoms with E-state index in [0.717, 1.165) is 44.8 Å². The highest BCUT2D eigenvalue weighted by molar-refractivity contribution is 5.55. The van der Waals surface area contributed by atoms with Crippen LogP contribution in [0.1, 0.15) is 13.3 Å². The minimum absolute atomic E-state index is 1.01. The van der Waals surface area contributed by atoms with Crippen LogP contribution in [0, 0.1) is 0 Å². The second-order valence-corrected chi connectivity index (χ2v) is 4.10. The zero-order valence-electron chi connectivity index (χ0n) is 9.87. The summed E-state index contributed by atoms with van der Waals surface area (Å²) >= 11 is 0. The van der Waals surface area contributed by atoms with E-state index < -0.39 is 0 Å². The lowest BCUT2D eigenvalue weighted by atomic mass is 10.3. The van der Waals surface area contributed by atoms with Crippen molar-refractivity contribution < 1.29 is 0 Å². The summed E-state index contributed by atoms with van der Waals surface area (Å²) < 4.78 is 0. The van der Waals surface area contributed by atoms with Gasteiger partial charge in [-0.1, -0.05) is 6.92 Å². The highest BCUT2D eigenvalue weighted by atomic mass is 15.2. The molecule has 1 fully saturated rings. The Morgan fingerprint density at radius 2 is 2.19 bits per heavy atom. The van der Waals surface area contributed by atoms with Gasteiger partial charge in [0.2, 0.25) is 0 Å². The first-order valence-corrected chi connectivity index (χ1v) is 6.04. The van der Waals surface area contributed by atoms with Crippen LogP contribution < -0.4 is 15.5 Å². The quantitative estimate of drug-likeness (QED) is 0.802. The van der Waals surface area contributed by atoms with Crippen molar-refractivity contribution in [1.82, 2.24) is 10.3 Å². The molecule has 0 bridgehead atoms. The smallest absolute Gasteiger partial charge is 0.0574 e. The first kappa shape index (κ1) is 11.2. The number of hydrogen-bond donors (Lipinski definition) is 2. The monoisotopic (exact) mass is 220 g/mol. The normalized spacial score (nSPS) is 16.2. The van der Waals surface area contributed by atoms with Gasteiger partial charge in [-0.2, -0.15) is 0 Å². The maximum atomic E-state index is 4.29. The fourth-order valence-electron chi connectivity index (χ4n) is 1.89. The van der Waals surface area contributed by atoms with Crippen molar-refractivity contribution in [3.8, 4) is 0 Å². The zero-order chi connectivity index (χ0) is 11.2. The number of rotatable bonds is 4. The van der Waals surface area contributed by atoms with E-state index in [2.05, 4.69) is 33.5 Å². The first-order chi connectivity index (χ1) is 7.90. The summed E-state index contributed by atoms with van der Waals surface area (Å²) in [5.74, 6) is 0. The molecule has 0 aromatic carbocycles. The van der Waals surface area contributed by atoms with E-state index in [9.17, 15) is 0 Å². The topological polar surface area (TPSA) is 40.2 Å². The van der Waals surface area contributed by atoms with Crippen LogP contribution >= 0.6 is 0 Å². The Labute approximate surface area is 97.1 Å². The molecule has 1 aliphatic rings. The Balaban J connectivity index is 2.02. The molecule has 1 aliphatic heterocycles. The Hall–Kier alpha value is -1.29. The van der Waals surface area contributed by atoms with Gasteiger partial charge in [-0.15, -0.1) is 0 Å². The summed E-state index contributed by atoms with van der Waals surface area (Å²) in [6.07, 6.45) is 4.97. The van der Waals surface area contributed by atoms with Crippen LogP contribution in [0.3, 0.4) is 0 Å². The van der Waals surface area contributed by atoms with Gasteiger partial charge in [-0.3, -0.25) is 4.98 Å². The third kappa shape index (κ3) is 2.85. The largest absolute Gasteiger partial charge is 0.384 e. The molecule has 2 heterocycles. The van der Waals surface area contributed by atoms with Crippen molar-refractivity contribution >= 4 is 11.4 Å². The summed E-state index contributed by atoms with van der Waals surface area (Å²) in [5, 5.41) is 6.72. The van der Waals surface area contributed by atoms with Crippen molar-refractivity contribution in [3.63, 3.8) is 0 Å².